The molecular weight excluding hydrogens is 320 g/mol. The van der Waals surface area contributed by atoms with E-state index in [-0.39, 0.29) is 12.7 Å². The molecule has 0 spiro atoms. The van der Waals surface area contributed by atoms with E-state index in [1.807, 2.05) is 0 Å². The minimum Gasteiger partial charge on any atom is -0.394 e. The number of aliphatic hydroxyl groups is 1. The molecule has 1 aromatic rings. The van der Waals surface area contributed by atoms with Crippen LogP contribution in [-0.4, -0.2) is 43.6 Å². The van der Waals surface area contributed by atoms with Gasteiger partial charge in [-0.25, -0.2) is 0 Å². The van der Waals surface area contributed by atoms with Gasteiger partial charge in [0.05, 0.1) is 19.3 Å². The number of rotatable bonds is 5. The molecule has 20 heavy (non-hydrogen) atoms. The fourth-order valence-electron chi connectivity index (χ4n) is 2.57. The van der Waals surface area contributed by atoms with E-state index in [0.717, 1.165) is 24.1 Å². The molecule has 2 N–H and O–H groups in total. The lowest BCUT2D eigenvalue weighted by atomic mass is 10.1. The number of hydrogen-bond donors (Lipinski definition) is 2. The van der Waals surface area contributed by atoms with Crippen LogP contribution < -0.4 is 10.2 Å². The first-order valence-corrected chi connectivity index (χ1v) is 8.05. The zero-order chi connectivity index (χ0) is 13.9. The summed E-state index contributed by atoms with van der Waals surface area (Å²) in [5.74, 6) is 0. The van der Waals surface area contributed by atoms with Gasteiger partial charge in [0, 0.05) is 35.8 Å². The summed E-state index contributed by atoms with van der Waals surface area (Å²) in [7, 11) is 0. The summed E-state index contributed by atoms with van der Waals surface area (Å²) in [5.41, 5.74) is 2.56. The molecule has 1 saturated carbocycles. The third-order valence-corrected chi connectivity index (χ3v) is 4.38. The predicted molar refractivity (Wildman–Crippen MR) is 83.0 cm³/mol. The van der Waals surface area contributed by atoms with Crippen LogP contribution in [0.5, 0.6) is 0 Å². The predicted octanol–water partition coefficient (Wildman–Crippen LogP) is 1.90. The highest BCUT2D eigenvalue weighted by atomic mass is 79.9. The summed E-state index contributed by atoms with van der Waals surface area (Å²) in [6.07, 6.45) is 2.53. The molecule has 2 fully saturated rings. The van der Waals surface area contributed by atoms with Crippen LogP contribution in [0.4, 0.5) is 5.69 Å². The van der Waals surface area contributed by atoms with Crippen molar-refractivity contribution in [1.82, 2.24) is 5.32 Å². The summed E-state index contributed by atoms with van der Waals surface area (Å²) in [6.45, 7) is 3.30. The summed E-state index contributed by atoms with van der Waals surface area (Å²) < 4.78 is 6.63. The summed E-state index contributed by atoms with van der Waals surface area (Å²) in [6, 6.07) is 7.15. The Bertz CT molecular complexity index is 465. The Hall–Kier alpha value is -0.620. The third kappa shape index (κ3) is 3.52. The van der Waals surface area contributed by atoms with Crippen LogP contribution in [0, 0.1) is 0 Å². The van der Waals surface area contributed by atoms with Crippen LogP contribution in [0.3, 0.4) is 0 Å². The van der Waals surface area contributed by atoms with Gasteiger partial charge in [-0.1, -0.05) is 22.0 Å². The molecule has 0 aromatic heterocycles. The zero-order valence-corrected chi connectivity index (χ0v) is 13.1. The van der Waals surface area contributed by atoms with E-state index in [9.17, 15) is 5.11 Å². The third-order valence-electron chi connectivity index (χ3n) is 3.89. The van der Waals surface area contributed by atoms with Gasteiger partial charge in [0.25, 0.3) is 0 Å². The molecule has 1 aromatic carbocycles. The van der Waals surface area contributed by atoms with Gasteiger partial charge in [0.1, 0.15) is 0 Å². The fraction of sp³-hybridized carbons (Fsp3) is 0.600. The van der Waals surface area contributed by atoms with Crippen molar-refractivity contribution < 1.29 is 9.84 Å². The minimum absolute atomic E-state index is 0.0769. The molecule has 1 unspecified atom stereocenters. The van der Waals surface area contributed by atoms with E-state index in [0.29, 0.717) is 12.6 Å². The van der Waals surface area contributed by atoms with Crippen LogP contribution in [0.2, 0.25) is 0 Å². The first-order chi connectivity index (χ1) is 9.76. The molecule has 4 nitrogen and oxygen atoms in total. The maximum absolute atomic E-state index is 9.29. The molecule has 0 bridgehead atoms. The molecule has 110 valence electrons. The van der Waals surface area contributed by atoms with Gasteiger partial charge >= 0.3 is 0 Å². The van der Waals surface area contributed by atoms with Gasteiger partial charge in [-0.05, 0) is 30.5 Å². The molecule has 0 radical (unpaired) electrons. The van der Waals surface area contributed by atoms with Crippen LogP contribution in [-0.2, 0) is 11.3 Å². The van der Waals surface area contributed by atoms with Gasteiger partial charge in [-0.3, -0.25) is 0 Å². The number of nitrogens with one attached hydrogen (secondary N) is 1. The zero-order valence-electron chi connectivity index (χ0n) is 11.5. The maximum atomic E-state index is 9.29. The second-order valence-corrected chi connectivity index (χ2v) is 6.47. The number of nitrogens with zero attached hydrogens (tertiary/aromatic N) is 1. The van der Waals surface area contributed by atoms with E-state index in [4.69, 9.17) is 4.74 Å². The van der Waals surface area contributed by atoms with E-state index in [1.54, 1.807) is 0 Å². The topological polar surface area (TPSA) is 44.7 Å². The quantitative estimate of drug-likeness (QED) is 0.859. The Morgan fingerprint density at radius 3 is 3.00 bits per heavy atom. The highest BCUT2D eigenvalue weighted by Gasteiger charge is 2.24. The molecule has 1 saturated heterocycles. The Balaban J connectivity index is 1.76. The standard InChI is InChI=1S/C15H21BrN2O2/c16-12-2-1-11(8-17-13-3-4-13)15(7-12)18-5-6-20-14(9-18)10-19/h1-2,7,13-14,17,19H,3-6,8-10H2. The van der Waals surface area contributed by atoms with Crippen molar-refractivity contribution in [3.8, 4) is 0 Å². The van der Waals surface area contributed by atoms with Crippen molar-refractivity contribution >= 4 is 21.6 Å². The molecule has 2 aliphatic rings. The Morgan fingerprint density at radius 1 is 1.40 bits per heavy atom. The number of ether oxygens (including phenoxy) is 1. The molecule has 3 rings (SSSR count). The van der Waals surface area contributed by atoms with E-state index in [1.165, 1.54) is 24.1 Å². The van der Waals surface area contributed by atoms with Gasteiger partial charge in [0.2, 0.25) is 0 Å². The Kier molecular flexibility index (Phi) is 4.61. The second-order valence-electron chi connectivity index (χ2n) is 5.55. The first kappa shape index (κ1) is 14.3. The molecule has 1 aliphatic carbocycles. The molecule has 5 heteroatoms. The highest BCUT2D eigenvalue weighted by Crippen LogP contribution is 2.28. The highest BCUT2D eigenvalue weighted by molar-refractivity contribution is 9.10. The van der Waals surface area contributed by atoms with Crippen LogP contribution in [0.25, 0.3) is 0 Å². The summed E-state index contributed by atoms with van der Waals surface area (Å²) >= 11 is 3.56. The van der Waals surface area contributed by atoms with E-state index in [2.05, 4.69) is 44.3 Å². The average Bonchev–Trinajstić information content (AvgIpc) is 3.30. The normalized spacial score (nSPS) is 23.1. The molecular formula is C15H21BrN2O2. The lowest BCUT2D eigenvalue weighted by Crippen LogP contribution is -2.44. The summed E-state index contributed by atoms with van der Waals surface area (Å²) in [5, 5.41) is 12.9. The number of halogens is 1. The lowest BCUT2D eigenvalue weighted by molar-refractivity contribution is 0.00352. The molecule has 1 atom stereocenters. The number of aliphatic hydroxyl groups excluding tert-OH is 1. The van der Waals surface area contributed by atoms with Crippen molar-refractivity contribution in [2.75, 3.05) is 31.2 Å². The SMILES string of the molecule is OCC1CN(c2cc(Br)ccc2CNC2CC2)CCO1. The number of morpholine rings is 1. The van der Waals surface area contributed by atoms with Gasteiger partial charge in [-0.15, -0.1) is 0 Å². The second kappa shape index (κ2) is 6.43. The fourth-order valence-corrected chi connectivity index (χ4v) is 2.92. The number of benzene rings is 1. The van der Waals surface area contributed by atoms with Crippen LogP contribution in [0.1, 0.15) is 18.4 Å². The van der Waals surface area contributed by atoms with Crippen LogP contribution >= 0.6 is 15.9 Å². The molecule has 0 amide bonds. The Morgan fingerprint density at radius 2 is 2.25 bits per heavy atom. The maximum Gasteiger partial charge on any atom is 0.0980 e. The Labute approximate surface area is 128 Å². The summed E-state index contributed by atoms with van der Waals surface area (Å²) in [4.78, 5) is 2.32. The number of anilines is 1. The van der Waals surface area contributed by atoms with Crippen molar-refractivity contribution in [3.63, 3.8) is 0 Å². The van der Waals surface area contributed by atoms with Gasteiger partial charge < -0.3 is 20.1 Å². The lowest BCUT2D eigenvalue weighted by Gasteiger charge is -2.35. The van der Waals surface area contributed by atoms with Gasteiger partial charge in [0.15, 0.2) is 0 Å². The van der Waals surface area contributed by atoms with Crippen molar-refractivity contribution in [2.24, 2.45) is 0 Å². The largest absolute Gasteiger partial charge is 0.394 e. The van der Waals surface area contributed by atoms with Crippen molar-refractivity contribution in [3.05, 3.63) is 28.2 Å². The van der Waals surface area contributed by atoms with E-state index < -0.39 is 0 Å². The average molecular weight is 341 g/mol. The van der Waals surface area contributed by atoms with Crippen LogP contribution in [0.15, 0.2) is 22.7 Å². The first-order valence-electron chi connectivity index (χ1n) is 7.25. The van der Waals surface area contributed by atoms with Crippen molar-refractivity contribution in [2.45, 2.75) is 31.5 Å². The molecule has 1 aliphatic heterocycles. The molecule has 1 heterocycles. The van der Waals surface area contributed by atoms with Gasteiger partial charge in [-0.2, -0.15) is 0 Å². The monoisotopic (exact) mass is 340 g/mol. The smallest absolute Gasteiger partial charge is 0.0980 e. The minimum atomic E-state index is -0.0769. The van der Waals surface area contributed by atoms with E-state index >= 15 is 0 Å². The number of hydrogen-bond acceptors (Lipinski definition) is 4. The van der Waals surface area contributed by atoms with Crippen molar-refractivity contribution in [1.29, 1.82) is 0 Å².